The normalized spacial score (nSPS) is 17.0. The average Bonchev–Trinajstić information content (AvgIpc) is 2.84. The third-order valence-corrected chi connectivity index (χ3v) is 3.59. The van der Waals surface area contributed by atoms with E-state index in [1.54, 1.807) is 24.0 Å². The molecule has 18 heavy (non-hydrogen) atoms. The van der Waals surface area contributed by atoms with Gasteiger partial charge in [0.15, 0.2) is 0 Å². The van der Waals surface area contributed by atoms with Crippen molar-refractivity contribution in [3.8, 4) is 0 Å². The van der Waals surface area contributed by atoms with Gasteiger partial charge in [0.2, 0.25) is 0 Å². The number of carbonyl (C=O) groups is 1. The summed E-state index contributed by atoms with van der Waals surface area (Å²) in [4.78, 5) is 18.2. The van der Waals surface area contributed by atoms with Gasteiger partial charge in [0, 0.05) is 18.1 Å². The molecule has 3 rings (SSSR count). The van der Waals surface area contributed by atoms with Crippen molar-refractivity contribution in [1.29, 1.82) is 0 Å². The van der Waals surface area contributed by atoms with Crippen LogP contribution in [0.3, 0.4) is 0 Å². The third-order valence-electron chi connectivity index (χ3n) is 2.65. The number of aromatic nitrogens is 1. The molecule has 0 radical (unpaired) electrons. The number of hydrogen-bond donors (Lipinski definition) is 1. The lowest BCUT2D eigenvalue weighted by atomic mass is 10.3. The Kier molecular flexibility index (Phi) is 2.90. The Hall–Kier alpha value is -2.01. The van der Waals surface area contributed by atoms with E-state index in [9.17, 15) is 4.79 Å². The van der Waals surface area contributed by atoms with Crippen LogP contribution in [0.2, 0.25) is 0 Å². The lowest BCUT2D eigenvalue weighted by molar-refractivity contribution is -0.114. The van der Waals surface area contributed by atoms with E-state index in [2.05, 4.69) is 10.3 Å². The maximum absolute atomic E-state index is 12.1. The maximum Gasteiger partial charge on any atom is 0.274 e. The summed E-state index contributed by atoms with van der Waals surface area (Å²) in [5.74, 6) is 0.443. The molecule has 90 valence electrons. The molecule has 0 bridgehead atoms. The zero-order valence-electron chi connectivity index (χ0n) is 9.54. The van der Waals surface area contributed by atoms with Crippen molar-refractivity contribution in [3.63, 3.8) is 0 Å². The molecule has 3 heterocycles. The lowest BCUT2D eigenvalue weighted by Gasteiger charge is -2.22. The van der Waals surface area contributed by atoms with Crippen molar-refractivity contribution in [2.75, 3.05) is 11.9 Å². The SMILES string of the molecule is O=C(Nc1ccccn1)C1=CSC2=CC=CCN21. The Morgan fingerprint density at radius 2 is 2.39 bits per heavy atom. The van der Waals surface area contributed by atoms with Crippen molar-refractivity contribution < 1.29 is 4.79 Å². The number of amides is 1. The zero-order chi connectivity index (χ0) is 12.4. The predicted octanol–water partition coefficient (Wildman–Crippen LogP) is 2.32. The molecule has 5 heteroatoms. The average molecular weight is 257 g/mol. The van der Waals surface area contributed by atoms with Gasteiger partial charge < -0.3 is 10.2 Å². The fraction of sp³-hybridized carbons (Fsp3) is 0.0769. The second-order valence-corrected chi connectivity index (χ2v) is 4.72. The molecule has 1 N–H and O–H groups in total. The Labute approximate surface area is 109 Å². The number of fused-ring (bicyclic) bond motifs is 1. The second kappa shape index (κ2) is 4.70. The van der Waals surface area contributed by atoms with Crippen LogP contribution in [-0.2, 0) is 4.79 Å². The number of anilines is 1. The first-order valence-corrected chi connectivity index (χ1v) is 6.46. The summed E-state index contributed by atoms with van der Waals surface area (Å²) in [6.45, 7) is 0.736. The minimum absolute atomic E-state index is 0.125. The van der Waals surface area contributed by atoms with Gasteiger partial charge in [-0.3, -0.25) is 4.79 Å². The monoisotopic (exact) mass is 257 g/mol. The van der Waals surface area contributed by atoms with Crippen LogP contribution in [0, 0.1) is 0 Å². The fourth-order valence-electron chi connectivity index (χ4n) is 1.79. The van der Waals surface area contributed by atoms with Crippen molar-refractivity contribution in [1.82, 2.24) is 9.88 Å². The fourth-order valence-corrected chi connectivity index (χ4v) is 2.71. The molecule has 1 aromatic heterocycles. The van der Waals surface area contributed by atoms with Crippen LogP contribution in [0.5, 0.6) is 0 Å². The molecule has 0 aromatic carbocycles. The Morgan fingerprint density at radius 3 is 3.22 bits per heavy atom. The third kappa shape index (κ3) is 2.04. The van der Waals surface area contributed by atoms with Crippen LogP contribution in [0.25, 0.3) is 0 Å². The zero-order valence-corrected chi connectivity index (χ0v) is 10.4. The summed E-state index contributed by atoms with van der Waals surface area (Å²) in [6, 6.07) is 5.43. The highest BCUT2D eigenvalue weighted by Gasteiger charge is 2.26. The maximum atomic E-state index is 12.1. The van der Waals surface area contributed by atoms with E-state index in [0.717, 1.165) is 11.6 Å². The molecule has 1 aromatic rings. The molecule has 1 amide bonds. The van der Waals surface area contributed by atoms with E-state index in [1.807, 2.05) is 40.7 Å². The largest absolute Gasteiger partial charge is 0.327 e. The predicted molar refractivity (Wildman–Crippen MR) is 72.5 cm³/mol. The van der Waals surface area contributed by atoms with E-state index in [0.29, 0.717) is 11.5 Å². The summed E-state index contributed by atoms with van der Waals surface area (Å²) in [5, 5.41) is 5.75. The van der Waals surface area contributed by atoms with Gasteiger partial charge in [-0.1, -0.05) is 30.0 Å². The first-order valence-electron chi connectivity index (χ1n) is 5.58. The van der Waals surface area contributed by atoms with Crippen molar-refractivity contribution in [3.05, 3.63) is 58.8 Å². The number of allylic oxidation sites excluding steroid dienone is 2. The second-order valence-electron chi connectivity index (χ2n) is 3.83. The van der Waals surface area contributed by atoms with Crippen LogP contribution < -0.4 is 5.32 Å². The molecule has 2 aliphatic rings. The number of carbonyl (C=O) groups excluding carboxylic acids is 1. The molecule has 0 atom stereocenters. The van der Waals surface area contributed by atoms with E-state index in [4.69, 9.17) is 0 Å². The first kappa shape index (κ1) is 11.1. The van der Waals surface area contributed by atoms with Gasteiger partial charge >= 0.3 is 0 Å². The van der Waals surface area contributed by atoms with Crippen LogP contribution in [-0.4, -0.2) is 22.3 Å². The van der Waals surface area contributed by atoms with Gasteiger partial charge in [0.05, 0.1) is 5.03 Å². The summed E-state index contributed by atoms with van der Waals surface area (Å²) in [6.07, 6.45) is 7.69. The van der Waals surface area contributed by atoms with Gasteiger partial charge in [0.1, 0.15) is 11.5 Å². The Morgan fingerprint density at radius 1 is 1.44 bits per heavy atom. The lowest BCUT2D eigenvalue weighted by Crippen LogP contribution is -2.28. The number of rotatable bonds is 2. The Bertz CT molecular complexity index is 563. The molecule has 0 spiro atoms. The molecule has 0 saturated carbocycles. The topological polar surface area (TPSA) is 45.2 Å². The summed E-state index contributed by atoms with van der Waals surface area (Å²) >= 11 is 1.57. The minimum atomic E-state index is -0.125. The molecule has 4 nitrogen and oxygen atoms in total. The van der Waals surface area contributed by atoms with Gasteiger partial charge in [-0.15, -0.1) is 0 Å². The summed E-state index contributed by atoms with van der Waals surface area (Å²) in [5.41, 5.74) is 0.668. The standard InChI is InChI=1S/C13H11N3OS/c17-13(15-11-5-1-3-7-14-11)10-9-18-12-6-2-4-8-16(10)12/h1-7,9H,8H2,(H,14,15,17). The number of pyridine rings is 1. The van der Waals surface area contributed by atoms with Crippen LogP contribution in [0.1, 0.15) is 0 Å². The van der Waals surface area contributed by atoms with E-state index in [-0.39, 0.29) is 5.91 Å². The highest BCUT2D eigenvalue weighted by atomic mass is 32.2. The highest BCUT2D eigenvalue weighted by Crippen LogP contribution is 2.36. The molecule has 0 fully saturated rings. The highest BCUT2D eigenvalue weighted by molar-refractivity contribution is 8.06. The van der Waals surface area contributed by atoms with E-state index in [1.165, 1.54) is 0 Å². The van der Waals surface area contributed by atoms with Crippen LogP contribution in [0.15, 0.2) is 58.8 Å². The van der Waals surface area contributed by atoms with Crippen molar-refractivity contribution in [2.45, 2.75) is 0 Å². The van der Waals surface area contributed by atoms with E-state index < -0.39 is 0 Å². The molecule has 2 aliphatic heterocycles. The number of thioether (sulfide) groups is 1. The van der Waals surface area contributed by atoms with Gasteiger partial charge in [0.25, 0.3) is 5.91 Å². The number of hydrogen-bond acceptors (Lipinski definition) is 4. The van der Waals surface area contributed by atoms with Gasteiger partial charge in [-0.25, -0.2) is 4.98 Å². The quantitative estimate of drug-likeness (QED) is 0.883. The number of nitrogens with zero attached hydrogens (tertiary/aromatic N) is 2. The smallest absolute Gasteiger partial charge is 0.274 e. The first-order chi connectivity index (χ1) is 8.84. The molecule has 0 saturated heterocycles. The molecule has 0 unspecified atom stereocenters. The summed E-state index contributed by atoms with van der Waals surface area (Å²) in [7, 11) is 0. The van der Waals surface area contributed by atoms with Gasteiger partial charge in [-0.05, 0) is 18.2 Å². The van der Waals surface area contributed by atoms with Crippen molar-refractivity contribution >= 4 is 23.5 Å². The van der Waals surface area contributed by atoms with Gasteiger partial charge in [-0.2, -0.15) is 0 Å². The molecular weight excluding hydrogens is 246 g/mol. The van der Waals surface area contributed by atoms with Crippen LogP contribution >= 0.6 is 11.8 Å². The molecule has 0 aliphatic carbocycles. The minimum Gasteiger partial charge on any atom is -0.327 e. The Balaban J connectivity index is 1.75. The van der Waals surface area contributed by atoms with Crippen LogP contribution in [0.4, 0.5) is 5.82 Å². The molecular formula is C13H11N3OS. The van der Waals surface area contributed by atoms with E-state index >= 15 is 0 Å². The van der Waals surface area contributed by atoms with Crippen molar-refractivity contribution in [2.24, 2.45) is 0 Å². The number of nitrogens with one attached hydrogen (secondary N) is 1. The summed E-state index contributed by atoms with van der Waals surface area (Å²) < 4.78 is 0.